The Morgan fingerprint density at radius 3 is 2.27 bits per heavy atom. The fourth-order valence-electron chi connectivity index (χ4n) is 4.73. The van der Waals surface area contributed by atoms with E-state index in [0.717, 1.165) is 6.42 Å². The molecule has 86 valence electrons. The number of hydrogen-bond donors (Lipinski definition) is 0. The molecule has 2 aliphatic carbocycles. The third-order valence-electron chi connectivity index (χ3n) is 5.60. The van der Waals surface area contributed by atoms with Gasteiger partial charge in [0.05, 0.1) is 11.4 Å². The summed E-state index contributed by atoms with van der Waals surface area (Å²) in [7, 11) is -3.31. The molecule has 0 radical (unpaired) electrons. The Hall–Kier alpha value is -0.0900. The van der Waals surface area contributed by atoms with Gasteiger partial charge in [0, 0.05) is 5.41 Å². The molecule has 4 heteroatoms. The Balaban J connectivity index is 2.26. The van der Waals surface area contributed by atoms with E-state index < -0.39 is 10.1 Å². The monoisotopic (exact) mass is 230 g/mol. The van der Waals surface area contributed by atoms with Gasteiger partial charge >= 0.3 is 0 Å². The van der Waals surface area contributed by atoms with Crippen LogP contribution in [0.1, 0.15) is 34.1 Å². The zero-order valence-corrected chi connectivity index (χ0v) is 10.5. The van der Waals surface area contributed by atoms with Crippen LogP contribution in [0.4, 0.5) is 0 Å². The summed E-state index contributed by atoms with van der Waals surface area (Å²) in [5, 5.41) is -0.267. The molecule has 0 amide bonds. The van der Waals surface area contributed by atoms with Crippen molar-refractivity contribution in [2.75, 3.05) is 0 Å². The quantitative estimate of drug-likeness (QED) is 0.596. The molecule has 15 heavy (non-hydrogen) atoms. The Morgan fingerprint density at radius 2 is 1.73 bits per heavy atom. The van der Waals surface area contributed by atoms with Gasteiger partial charge < -0.3 is 0 Å². The van der Waals surface area contributed by atoms with Gasteiger partial charge in [-0.3, -0.25) is 4.18 Å². The van der Waals surface area contributed by atoms with Crippen LogP contribution in [-0.2, 0) is 14.3 Å². The van der Waals surface area contributed by atoms with Gasteiger partial charge in [-0.15, -0.1) is 0 Å². The number of fused-ring (bicyclic) bond motifs is 1. The standard InChI is InChI=1S/C11H18O3S/c1-6-8-11(4)5-10(6,3)7(2)9(11)15(12,13)14-8/h6-9H,5H2,1-4H3. The van der Waals surface area contributed by atoms with Gasteiger partial charge in [-0.1, -0.05) is 27.7 Å². The van der Waals surface area contributed by atoms with Crippen molar-refractivity contribution in [2.45, 2.75) is 45.5 Å². The normalized spacial score (nSPS) is 65.1. The lowest BCUT2D eigenvalue weighted by Crippen LogP contribution is -2.44. The summed E-state index contributed by atoms with van der Waals surface area (Å²) in [5.41, 5.74) is 0.0140. The van der Waals surface area contributed by atoms with E-state index in [2.05, 4.69) is 27.7 Å². The molecule has 3 nitrogen and oxygen atoms in total. The fourth-order valence-corrected chi connectivity index (χ4v) is 7.21. The Morgan fingerprint density at radius 1 is 1.13 bits per heavy atom. The highest BCUT2D eigenvalue weighted by atomic mass is 32.2. The minimum atomic E-state index is -3.31. The van der Waals surface area contributed by atoms with Crippen LogP contribution >= 0.6 is 0 Å². The van der Waals surface area contributed by atoms with Crippen LogP contribution in [0.15, 0.2) is 0 Å². The SMILES string of the molecule is CC1C2OS(=O)(=O)C3C(C)C1(C)CC23C. The van der Waals surface area contributed by atoms with Crippen LogP contribution in [0, 0.1) is 22.7 Å². The largest absolute Gasteiger partial charge is 0.271 e. The van der Waals surface area contributed by atoms with Crippen molar-refractivity contribution < 1.29 is 12.6 Å². The van der Waals surface area contributed by atoms with E-state index in [0.29, 0.717) is 5.92 Å². The van der Waals surface area contributed by atoms with Crippen LogP contribution in [0.2, 0.25) is 0 Å². The highest BCUT2D eigenvalue weighted by molar-refractivity contribution is 7.87. The topological polar surface area (TPSA) is 43.4 Å². The van der Waals surface area contributed by atoms with Crippen molar-refractivity contribution in [1.29, 1.82) is 0 Å². The highest BCUT2D eigenvalue weighted by Gasteiger charge is 2.76. The predicted octanol–water partition coefficient (Wildman–Crippen LogP) is 1.79. The van der Waals surface area contributed by atoms with Gasteiger partial charge in [0.2, 0.25) is 0 Å². The maximum Gasteiger partial charge on any atom is 0.271 e. The van der Waals surface area contributed by atoms with E-state index in [1.807, 2.05) is 0 Å². The zero-order valence-electron chi connectivity index (χ0n) is 9.65. The smallest absolute Gasteiger partial charge is 0.266 e. The molecule has 0 aromatic heterocycles. The second-order valence-electron chi connectivity index (χ2n) is 6.20. The molecule has 3 fully saturated rings. The van der Waals surface area contributed by atoms with Crippen molar-refractivity contribution in [1.82, 2.24) is 0 Å². The molecular weight excluding hydrogens is 212 g/mol. The van der Waals surface area contributed by atoms with Crippen molar-refractivity contribution in [3.8, 4) is 0 Å². The molecule has 1 saturated heterocycles. The third-order valence-corrected chi connectivity index (χ3v) is 7.64. The first-order valence-corrected chi connectivity index (χ1v) is 7.13. The minimum absolute atomic E-state index is 0.0753. The second-order valence-corrected chi connectivity index (χ2v) is 7.88. The molecule has 2 saturated carbocycles. The molecule has 0 N–H and O–H groups in total. The van der Waals surface area contributed by atoms with Crippen molar-refractivity contribution in [2.24, 2.45) is 22.7 Å². The van der Waals surface area contributed by atoms with Crippen molar-refractivity contribution >= 4 is 10.1 Å². The van der Waals surface area contributed by atoms with Gasteiger partial charge in [-0.05, 0) is 23.7 Å². The summed E-state index contributed by atoms with van der Waals surface area (Å²) in [4.78, 5) is 0. The molecule has 1 heterocycles. The summed E-state index contributed by atoms with van der Waals surface area (Å²) in [6, 6.07) is 0. The lowest BCUT2D eigenvalue weighted by molar-refractivity contribution is 0.0453. The molecule has 3 aliphatic rings. The number of rotatable bonds is 0. The van der Waals surface area contributed by atoms with Crippen LogP contribution < -0.4 is 0 Å². The van der Waals surface area contributed by atoms with Gasteiger partial charge in [-0.2, -0.15) is 8.42 Å². The molecule has 6 unspecified atom stereocenters. The Kier molecular flexibility index (Phi) is 1.53. The van der Waals surface area contributed by atoms with Gasteiger partial charge in [-0.25, -0.2) is 0 Å². The first kappa shape index (κ1) is 10.1. The highest BCUT2D eigenvalue weighted by Crippen LogP contribution is 2.72. The predicted molar refractivity (Wildman–Crippen MR) is 56.7 cm³/mol. The van der Waals surface area contributed by atoms with E-state index in [4.69, 9.17) is 4.18 Å². The summed E-state index contributed by atoms with van der Waals surface area (Å²) in [5.74, 6) is 0.576. The summed E-state index contributed by atoms with van der Waals surface area (Å²) in [6.07, 6.45) is 0.922. The zero-order chi connectivity index (χ0) is 11.2. The van der Waals surface area contributed by atoms with E-state index in [1.54, 1.807) is 0 Å². The molecule has 1 aliphatic heterocycles. The van der Waals surface area contributed by atoms with Crippen LogP contribution in [0.25, 0.3) is 0 Å². The minimum Gasteiger partial charge on any atom is -0.266 e. The first-order chi connectivity index (χ1) is 6.73. The third kappa shape index (κ3) is 0.825. The molecule has 6 atom stereocenters. The average Bonchev–Trinajstić information content (AvgIpc) is 2.47. The molecule has 3 rings (SSSR count). The first-order valence-electron chi connectivity index (χ1n) is 5.65. The fraction of sp³-hybridized carbons (Fsp3) is 1.00. The Bertz CT molecular complexity index is 429. The number of hydrogen-bond acceptors (Lipinski definition) is 3. The molecule has 0 aromatic carbocycles. The lowest BCUT2D eigenvalue weighted by Gasteiger charge is -2.38. The van der Waals surface area contributed by atoms with Gasteiger partial charge in [0.1, 0.15) is 0 Å². The van der Waals surface area contributed by atoms with E-state index in [-0.39, 0.29) is 28.1 Å². The van der Waals surface area contributed by atoms with Crippen LogP contribution in [0.3, 0.4) is 0 Å². The van der Waals surface area contributed by atoms with Crippen molar-refractivity contribution in [3.05, 3.63) is 0 Å². The van der Waals surface area contributed by atoms with E-state index in [9.17, 15) is 8.42 Å². The maximum absolute atomic E-state index is 12.0. The lowest BCUT2D eigenvalue weighted by atomic mass is 9.68. The van der Waals surface area contributed by atoms with Gasteiger partial charge in [0.15, 0.2) is 0 Å². The van der Waals surface area contributed by atoms with E-state index in [1.165, 1.54) is 0 Å². The van der Waals surface area contributed by atoms with Crippen LogP contribution in [-0.4, -0.2) is 19.8 Å². The molecule has 0 aromatic rings. The van der Waals surface area contributed by atoms with Crippen molar-refractivity contribution in [3.63, 3.8) is 0 Å². The second kappa shape index (κ2) is 2.28. The van der Waals surface area contributed by atoms with Crippen LogP contribution in [0.5, 0.6) is 0 Å². The molecule has 2 bridgehead atoms. The Labute approximate surface area is 91.3 Å². The molecule has 0 spiro atoms. The van der Waals surface area contributed by atoms with Gasteiger partial charge in [0.25, 0.3) is 10.1 Å². The molecular formula is C11H18O3S. The van der Waals surface area contributed by atoms with E-state index >= 15 is 0 Å². The maximum atomic E-state index is 12.0. The summed E-state index contributed by atoms with van der Waals surface area (Å²) >= 11 is 0. The average molecular weight is 230 g/mol. The summed E-state index contributed by atoms with van der Waals surface area (Å²) < 4.78 is 29.3. The summed E-state index contributed by atoms with van der Waals surface area (Å²) in [6.45, 7) is 8.54.